The number of alkyl halides is 5. The lowest BCUT2D eigenvalue weighted by Gasteiger charge is -2.22. The molecule has 160 valence electrons. The van der Waals surface area contributed by atoms with Gasteiger partial charge < -0.3 is 4.74 Å². The maximum absolute atomic E-state index is 14.5. The number of carbonyl (C=O) groups excluding carboxylic acids is 1. The van der Waals surface area contributed by atoms with Crippen LogP contribution in [0.4, 0.5) is 22.0 Å². The van der Waals surface area contributed by atoms with Gasteiger partial charge in [-0.2, -0.15) is 22.0 Å². The third-order valence-corrected chi connectivity index (χ3v) is 4.65. The number of hydrogen-bond acceptors (Lipinski definition) is 4. The number of pyridine rings is 2. The fourth-order valence-corrected chi connectivity index (χ4v) is 3.20. The van der Waals surface area contributed by atoms with Crippen molar-refractivity contribution in [2.45, 2.75) is 19.0 Å². The van der Waals surface area contributed by atoms with Gasteiger partial charge in [0.2, 0.25) is 0 Å². The van der Waals surface area contributed by atoms with Gasteiger partial charge in [0.1, 0.15) is 11.3 Å². The van der Waals surface area contributed by atoms with Crippen LogP contribution < -0.4 is 0 Å². The zero-order valence-corrected chi connectivity index (χ0v) is 16.0. The number of carbonyl (C=O) groups is 1. The molecule has 0 fully saturated rings. The maximum Gasteiger partial charge on any atom is 0.458 e. The summed E-state index contributed by atoms with van der Waals surface area (Å²) in [5.41, 5.74) is -1.13. The number of esters is 1. The summed E-state index contributed by atoms with van der Waals surface area (Å²) < 4.78 is 74.7. The van der Waals surface area contributed by atoms with Crippen molar-refractivity contribution < 1.29 is 31.5 Å². The first-order valence-electron chi connectivity index (χ1n) is 9.14. The van der Waals surface area contributed by atoms with Crippen molar-refractivity contribution in [3.05, 3.63) is 66.0 Å². The van der Waals surface area contributed by atoms with Crippen LogP contribution in [0.15, 0.2) is 54.7 Å². The number of imidazole rings is 1. The van der Waals surface area contributed by atoms with Gasteiger partial charge in [0.25, 0.3) is 0 Å². The molecule has 0 aliphatic heterocycles. The standard InChI is InChI=1S/C21H14F5N3O2/c1-2-31-19(30)16-11-29-17(27-16)9-8-13-14(20(22,23)21(24,25)26)10-15(28-18(13)29)12-6-4-3-5-7-12/h3-11H,2H2,1H3. The number of rotatable bonds is 4. The monoisotopic (exact) mass is 435 g/mol. The Kier molecular flexibility index (Phi) is 4.87. The Balaban J connectivity index is 2.06. The van der Waals surface area contributed by atoms with E-state index >= 15 is 0 Å². The van der Waals surface area contributed by atoms with Crippen molar-refractivity contribution in [1.82, 2.24) is 14.4 Å². The molecular formula is C21H14F5N3O2. The first-order valence-corrected chi connectivity index (χ1v) is 9.14. The molecule has 0 bridgehead atoms. The summed E-state index contributed by atoms with van der Waals surface area (Å²) in [6, 6.07) is 11.0. The predicted octanol–water partition coefficient (Wildman–Crippen LogP) is 5.38. The molecule has 0 saturated carbocycles. The lowest BCUT2D eigenvalue weighted by atomic mass is 10.0. The second-order valence-corrected chi connectivity index (χ2v) is 6.64. The molecule has 4 aromatic rings. The summed E-state index contributed by atoms with van der Waals surface area (Å²) >= 11 is 0. The third-order valence-electron chi connectivity index (χ3n) is 4.65. The Labute approximate surface area is 172 Å². The van der Waals surface area contributed by atoms with E-state index in [0.29, 0.717) is 5.56 Å². The summed E-state index contributed by atoms with van der Waals surface area (Å²) in [6.45, 7) is 1.69. The summed E-state index contributed by atoms with van der Waals surface area (Å²) in [5.74, 6) is -5.88. The summed E-state index contributed by atoms with van der Waals surface area (Å²) in [4.78, 5) is 20.4. The molecule has 0 aliphatic rings. The molecule has 1 aromatic carbocycles. The number of benzene rings is 1. The first kappa shape index (κ1) is 20.7. The zero-order valence-electron chi connectivity index (χ0n) is 16.0. The van der Waals surface area contributed by atoms with Crippen LogP contribution >= 0.6 is 0 Å². The van der Waals surface area contributed by atoms with E-state index in [9.17, 15) is 26.7 Å². The van der Waals surface area contributed by atoms with Crippen molar-refractivity contribution in [3.63, 3.8) is 0 Å². The van der Waals surface area contributed by atoms with Gasteiger partial charge in [-0.15, -0.1) is 0 Å². The fourth-order valence-electron chi connectivity index (χ4n) is 3.20. The van der Waals surface area contributed by atoms with Crippen LogP contribution in [0.2, 0.25) is 0 Å². The van der Waals surface area contributed by atoms with E-state index in [1.54, 1.807) is 37.3 Å². The molecule has 0 aliphatic carbocycles. The number of fused-ring (bicyclic) bond motifs is 3. The highest BCUT2D eigenvalue weighted by atomic mass is 19.4. The number of ether oxygens (including phenoxy) is 1. The molecule has 5 nitrogen and oxygen atoms in total. The number of halogens is 5. The van der Waals surface area contributed by atoms with Crippen LogP contribution in [0.25, 0.3) is 27.9 Å². The molecule has 0 atom stereocenters. The Morgan fingerprint density at radius 1 is 1.03 bits per heavy atom. The molecule has 10 heteroatoms. The molecular weight excluding hydrogens is 421 g/mol. The van der Waals surface area contributed by atoms with Crippen molar-refractivity contribution in [1.29, 1.82) is 0 Å². The highest BCUT2D eigenvalue weighted by molar-refractivity contribution is 5.90. The predicted molar refractivity (Wildman–Crippen MR) is 102 cm³/mol. The van der Waals surface area contributed by atoms with Gasteiger partial charge in [-0.25, -0.2) is 14.8 Å². The van der Waals surface area contributed by atoms with Gasteiger partial charge in [0.05, 0.1) is 12.3 Å². The SMILES string of the molecule is CCOC(=O)c1cn2c(ccc3c(C(F)(F)C(F)(F)F)cc(-c4ccccc4)nc32)n1. The smallest absolute Gasteiger partial charge is 0.458 e. The molecule has 0 unspecified atom stereocenters. The van der Waals surface area contributed by atoms with E-state index in [-0.39, 0.29) is 29.3 Å². The zero-order chi connectivity index (χ0) is 22.4. The highest BCUT2D eigenvalue weighted by Gasteiger charge is 2.59. The molecule has 0 spiro atoms. The molecule has 0 saturated heterocycles. The van der Waals surface area contributed by atoms with Gasteiger partial charge in [-0.1, -0.05) is 30.3 Å². The minimum Gasteiger partial charge on any atom is -0.461 e. The van der Waals surface area contributed by atoms with Gasteiger partial charge in [0, 0.05) is 22.7 Å². The topological polar surface area (TPSA) is 56.5 Å². The Hall–Kier alpha value is -3.56. The van der Waals surface area contributed by atoms with Crippen LogP contribution in [-0.2, 0) is 10.7 Å². The van der Waals surface area contributed by atoms with Crippen LogP contribution in [0.5, 0.6) is 0 Å². The average Bonchev–Trinajstić information content (AvgIpc) is 3.18. The minimum absolute atomic E-state index is 0.0779. The molecule has 4 rings (SSSR count). The fraction of sp³-hybridized carbons (Fsp3) is 0.190. The van der Waals surface area contributed by atoms with Gasteiger partial charge in [-0.05, 0) is 25.1 Å². The lowest BCUT2D eigenvalue weighted by molar-refractivity contribution is -0.288. The highest BCUT2D eigenvalue weighted by Crippen LogP contribution is 2.46. The molecule has 0 N–H and O–H groups in total. The Bertz CT molecular complexity index is 1280. The maximum atomic E-state index is 14.5. The van der Waals surface area contributed by atoms with Gasteiger partial charge >= 0.3 is 18.1 Å². The first-order chi connectivity index (χ1) is 14.6. The molecule has 0 radical (unpaired) electrons. The number of aromatic nitrogens is 3. The van der Waals surface area contributed by atoms with Crippen molar-refractivity contribution in [2.24, 2.45) is 0 Å². The van der Waals surface area contributed by atoms with E-state index in [0.717, 1.165) is 12.1 Å². The molecule has 3 heterocycles. The average molecular weight is 435 g/mol. The molecule has 0 amide bonds. The molecule has 31 heavy (non-hydrogen) atoms. The van der Waals surface area contributed by atoms with Crippen LogP contribution in [0, 0.1) is 0 Å². The Morgan fingerprint density at radius 3 is 2.39 bits per heavy atom. The third kappa shape index (κ3) is 3.47. The lowest BCUT2D eigenvalue weighted by Crippen LogP contribution is -2.34. The van der Waals surface area contributed by atoms with Gasteiger partial charge in [-0.3, -0.25) is 4.40 Å². The van der Waals surface area contributed by atoms with Crippen molar-refractivity contribution >= 4 is 22.6 Å². The molecule has 3 aromatic heterocycles. The normalized spacial score (nSPS) is 12.5. The minimum atomic E-state index is -5.81. The van der Waals surface area contributed by atoms with Crippen molar-refractivity contribution in [2.75, 3.05) is 6.61 Å². The summed E-state index contributed by atoms with van der Waals surface area (Å²) in [7, 11) is 0. The summed E-state index contributed by atoms with van der Waals surface area (Å²) in [5, 5.41) is -0.415. The van der Waals surface area contributed by atoms with E-state index in [4.69, 9.17) is 4.74 Å². The Morgan fingerprint density at radius 2 is 1.74 bits per heavy atom. The van der Waals surface area contributed by atoms with E-state index in [1.165, 1.54) is 16.7 Å². The van der Waals surface area contributed by atoms with E-state index in [1.807, 2.05) is 0 Å². The summed E-state index contributed by atoms with van der Waals surface area (Å²) in [6.07, 6.45) is -4.61. The number of nitrogens with zero attached hydrogens (tertiary/aromatic N) is 3. The van der Waals surface area contributed by atoms with E-state index < -0.39 is 29.0 Å². The van der Waals surface area contributed by atoms with E-state index in [2.05, 4.69) is 9.97 Å². The van der Waals surface area contributed by atoms with Crippen molar-refractivity contribution in [3.8, 4) is 11.3 Å². The van der Waals surface area contributed by atoms with Gasteiger partial charge in [0.15, 0.2) is 5.69 Å². The second-order valence-electron chi connectivity index (χ2n) is 6.64. The van der Waals surface area contributed by atoms with Crippen LogP contribution in [0.3, 0.4) is 0 Å². The van der Waals surface area contributed by atoms with Crippen LogP contribution in [-0.4, -0.2) is 33.1 Å². The number of hydrogen-bond donors (Lipinski definition) is 0. The second kappa shape index (κ2) is 7.29. The quantitative estimate of drug-likeness (QED) is 0.319. The van der Waals surface area contributed by atoms with Crippen LogP contribution in [0.1, 0.15) is 23.0 Å². The largest absolute Gasteiger partial charge is 0.461 e.